The zero-order valence-electron chi connectivity index (χ0n) is 17.1. The second-order valence-corrected chi connectivity index (χ2v) is 9.50. The summed E-state index contributed by atoms with van der Waals surface area (Å²) in [6.45, 7) is 8.25. The van der Waals surface area contributed by atoms with E-state index in [9.17, 15) is 0 Å². The first-order chi connectivity index (χ1) is 12.2. The van der Waals surface area contributed by atoms with Crippen LogP contribution in [0.15, 0.2) is 0 Å². The third-order valence-electron chi connectivity index (χ3n) is 5.83. The van der Waals surface area contributed by atoms with Gasteiger partial charge >= 0.3 is 0 Å². The number of likely N-dealkylation sites (tertiary alicyclic amines) is 1. The van der Waals surface area contributed by atoms with Crippen LogP contribution in [0.3, 0.4) is 0 Å². The smallest absolute Gasteiger partial charge is 0.196 e. The molecule has 0 bridgehead atoms. The zero-order chi connectivity index (χ0) is 18.2. The second-order valence-electron chi connectivity index (χ2n) is 8.36. The van der Waals surface area contributed by atoms with E-state index in [2.05, 4.69) is 19.2 Å². The number of quaternary nitrogens is 1. The quantitative estimate of drug-likeness (QED) is 0.122. The molecular weight excluding hydrogens is 324 g/mol. The van der Waals surface area contributed by atoms with Gasteiger partial charge in [-0.1, -0.05) is 90.9 Å². The van der Waals surface area contributed by atoms with Crippen LogP contribution in [0.5, 0.6) is 0 Å². The van der Waals surface area contributed by atoms with Gasteiger partial charge in [-0.05, 0) is 12.8 Å². The van der Waals surface area contributed by atoms with Gasteiger partial charge in [-0.3, -0.25) is 0 Å². The molecule has 1 rings (SSSR count). The zero-order valence-corrected chi connectivity index (χ0v) is 17.9. The lowest BCUT2D eigenvalue weighted by atomic mass is 10.0. The van der Waals surface area contributed by atoms with Gasteiger partial charge in [0.15, 0.2) is 17.3 Å². The Balaban J connectivity index is 1.86. The van der Waals surface area contributed by atoms with Crippen molar-refractivity contribution in [2.75, 3.05) is 19.6 Å². The average Bonchev–Trinajstić information content (AvgIpc) is 2.96. The molecule has 1 saturated heterocycles. The number of unbranched alkanes of at least 4 members (excludes halogenated alkanes) is 13. The highest BCUT2D eigenvalue weighted by Gasteiger charge is 2.37. The highest BCUT2D eigenvalue weighted by molar-refractivity contribution is 7.98. The van der Waals surface area contributed by atoms with Crippen molar-refractivity contribution in [2.24, 2.45) is 5.92 Å². The number of hydrogen-bond acceptors (Lipinski definition) is 2. The molecule has 1 aliphatic rings. The van der Waals surface area contributed by atoms with Crippen LogP contribution in [0.25, 0.3) is 0 Å². The Morgan fingerprint density at radius 2 is 1.32 bits per heavy atom. The van der Waals surface area contributed by atoms with Gasteiger partial charge in [0.1, 0.15) is 0 Å². The standard InChI is InChI=1S/C22H43N2S/c1-3-4-5-6-7-8-9-10-11-12-13-14-15-16-18-24(25-21-23)19-17-22(2)20-24/h22H,3-20H2,1-2H3/q+1. The molecule has 0 N–H and O–H groups in total. The van der Waals surface area contributed by atoms with Gasteiger partial charge in [0.05, 0.1) is 19.6 Å². The topological polar surface area (TPSA) is 23.8 Å². The van der Waals surface area contributed by atoms with E-state index in [1.165, 1.54) is 128 Å². The first-order valence-corrected chi connectivity index (χ1v) is 11.9. The number of thiocyanates is 1. The molecule has 0 amide bonds. The summed E-state index contributed by atoms with van der Waals surface area (Å²) >= 11 is 1.52. The Kier molecular flexibility index (Phi) is 13.6. The van der Waals surface area contributed by atoms with Crippen LogP contribution in [-0.2, 0) is 0 Å². The summed E-state index contributed by atoms with van der Waals surface area (Å²) in [5.74, 6) is 0.799. The number of nitrogens with zero attached hydrogens (tertiary/aromatic N) is 2. The molecule has 2 nitrogen and oxygen atoms in total. The van der Waals surface area contributed by atoms with Gasteiger partial charge in [-0.15, -0.1) is 0 Å². The summed E-state index contributed by atoms with van der Waals surface area (Å²) in [4.78, 5) is 0. The van der Waals surface area contributed by atoms with E-state index < -0.39 is 0 Å². The number of rotatable bonds is 16. The van der Waals surface area contributed by atoms with Crippen molar-refractivity contribution < 1.29 is 3.89 Å². The molecule has 0 aromatic carbocycles. The Morgan fingerprint density at radius 1 is 0.840 bits per heavy atom. The number of hydrogen-bond donors (Lipinski definition) is 0. The average molecular weight is 368 g/mol. The Labute approximate surface area is 162 Å². The van der Waals surface area contributed by atoms with E-state index in [4.69, 9.17) is 5.26 Å². The van der Waals surface area contributed by atoms with E-state index in [-0.39, 0.29) is 0 Å². The first kappa shape index (κ1) is 22.8. The summed E-state index contributed by atoms with van der Waals surface area (Å²) in [6.07, 6.45) is 21.1. The Bertz CT molecular complexity index is 352. The van der Waals surface area contributed by atoms with Crippen molar-refractivity contribution >= 4 is 11.9 Å². The molecular formula is C22H43N2S+. The van der Waals surface area contributed by atoms with Gasteiger partial charge in [0.25, 0.3) is 0 Å². The predicted molar refractivity (Wildman–Crippen MR) is 112 cm³/mol. The Morgan fingerprint density at radius 3 is 1.72 bits per heavy atom. The predicted octanol–water partition coefficient (Wildman–Crippen LogP) is 7.45. The van der Waals surface area contributed by atoms with Crippen molar-refractivity contribution in [1.29, 1.82) is 5.26 Å². The van der Waals surface area contributed by atoms with E-state index in [1.807, 2.05) is 0 Å². The molecule has 1 fully saturated rings. The summed E-state index contributed by atoms with van der Waals surface area (Å²) in [7, 11) is 0. The lowest BCUT2D eigenvalue weighted by molar-refractivity contribution is -0.782. The van der Waals surface area contributed by atoms with Crippen molar-refractivity contribution in [1.82, 2.24) is 0 Å². The summed E-state index contributed by atoms with van der Waals surface area (Å²) in [5, 5.41) is 11.5. The van der Waals surface area contributed by atoms with Gasteiger partial charge in [-0.25, -0.2) is 3.89 Å². The lowest BCUT2D eigenvalue weighted by Gasteiger charge is -2.28. The molecule has 0 aromatic rings. The maximum atomic E-state index is 9.09. The maximum absolute atomic E-state index is 9.09. The monoisotopic (exact) mass is 367 g/mol. The largest absolute Gasteiger partial charge is 0.248 e. The van der Waals surface area contributed by atoms with Gasteiger partial charge < -0.3 is 0 Å². The van der Waals surface area contributed by atoms with E-state index in [0.29, 0.717) is 0 Å². The maximum Gasteiger partial charge on any atom is 0.196 e. The third-order valence-corrected chi connectivity index (χ3v) is 6.81. The third kappa shape index (κ3) is 11.2. The minimum Gasteiger partial charge on any atom is -0.248 e. The van der Waals surface area contributed by atoms with E-state index in [1.54, 1.807) is 0 Å². The number of nitriles is 1. The molecule has 0 saturated carbocycles. The fraction of sp³-hybridized carbons (Fsp3) is 0.955. The molecule has 1 heterocycles. The first-order valence-electron chi connectivity index (χ1n) is 11.2. The molecule has 0 aliphatic carbocycles. The highest BCUT2D eigenvalue weighted by Crippen LogP contribution is 2.33. The normalized spacial score (nSPS) is 23.0. The van der Waals surface area contributed by atoms with Gasteiger partial charge in [0.2, 0.25) is 0 Å². The van der Waals surface area contributed by atoms with Crippen LogP contribution in [0, 0.1) is 16.6 Å². The molecule has 0 radical (unpaired) electrons. The summed E-state index contributed by atoms with van der Waals surface area (Å²) < 4.78 is 1.01. The molecule has 1 aliphatic heterocycles. The van der Waals surface area contributed by atoms with Crippen LogP contribution in [0.4, 0.5) is 0 Å². The van der Waals surface area contributed by atoms with Gasteiger partial charge in [0, 0.05) is 12.3 Å². The molecule has 3 heteroatoms. The van der Waals surface area contributed by atoms with Crippen molar-refractivity contribution in [3.63, 3.8) is 0 Å². The van der Waals surface area contributed by atoms with Crippen LogP contribution >= 0.6 is 11.9 Å². The second kappa shape index (κ2) is 14.9. The minimum absolute atomic E-state index is 0.799. The fourth-order valence-electron chi connectivity index (χ4n) is 4.22. The van der Waals surface area contributed by atoms with Crippen molar-refractivity contribution in [3.8, 4) is 5.40 Å². The van der Waals surface area contributed by atoms with Crippen molar-refractivity contribution in [3.05, 3.63) is 0 Å². The van der Waals surface area contributed by atoms with E-state index >= 15 is 0 Å². The van der Waals surface area contributed by atoms with Gasteiger partial charge in [-0.2, -0.15) is 5.26 Å². The Hall–Kier alpha value is -0.200. The fourth-order valence-corrected chi connectivity index (χ4v) is 5.14. The molecule has 0 spiro atoms. The minimum atomic E-state index is 0.799. The molecule has 146 valence electrons. The summed E-state index contributed by atoms with van der Waals surface area (Å²) in [6, 6.07) is 0. The lowest BCUT2D eigenvalue weighted by Crippen LogP contribution is -2.39. The van der Waals surface area contributed by atoms with Crippen LogP contribution in [-0.4, -0.2) is 23.5 Å². The molecule has 2 atom stereocenters. The van der Waals surface area contributed by atoms with Crippen LogP contribution in [0.1, 0.15) is 110 Å². The molecule has 2 unspecified atom stereocenters. The highest BCUT2D eigenvalue weighted by atomic mass is 32.2. The molecule has 25 heavy (non-hydrogen) atoms. The van der Waals surface area contributed by atoms with Crippen molar-refractivity contribution in [2.45, 2.75) is 110 Å². The van der Waals surface area contributed by atoms with E-state index in [0.717, 1.165) is 9.81 Å². The molecule has 0 aromatic heterocycles. The van der Waals surface area contributed by atoms with Crippen LogP contribution < -0.4 is 0 Å². The summed E-state index contributed by atoms with van der Waals surface area (Å²) in [5.41, 5.74) is 0. The SMILES string of the molecule is CCCCCCCCCCCCCCCC[N+]1(SC#N)CCC(C)C1. The van der Waals surface area contributed by atoms with Crippen LogP contribution in [0.2, 0.25) is 0 Å².